The van der Waals surface area contributed by atoms with Gasteiger partial charge in [-0.25, -0.2) is 0 Å². The molecule has 1 aromatic carbocycles. The Morgan fingerprint density at radius 3 is 2.50 bits per heavy atom. The number of nitrogens with two attached hydrogens (primary N) is 1. The first-order valence-electron chi connectivity index (χ1n) is 7.47. The van der Waals surface area contributed by atoms with Crippen molar-refractivity contribution in [2.75, 3.05) is 13.1 Å². The number of amides is 1. The zero-order chi connectivity index (χ0) is 14.4. The topological polar surface area (TPSA) is 46.3 Å². The molecule has 2 rings (SSSR count). The van der Waals surface area contributed by atoms with Crippen LogP contribution in [-0.4, -0.2) is 29.9 Å². The Hall–Kier alpha value is -1.61. The van der Waals surface area contributed by atoms with Crippen LogP contribution in [0, 0.1) is 0 Å². The Morgan fingerprint density at radius 1 is 1.30 bits per heavy atom. The van der Waals surface area contributed by atoms with Crippen LogP contribution in [0.15, 0.2) is 36.9 Å². The predicted octanol–water partition coefficient (Wildman–Crippen LogP) is 2.76. The number of rotatable bonds is 6. The average Bonchev–Trinajstić information content (AvgIpc) is 2.99. The van der Waals surface area contributed by atoms with E-state index in [1.54, 1.807) is 0 Å². The van der Waals surface area contributed by atoms with Crippen LogP contribution in [0.5, 0.6) is 0 Å². The minimum atomic E-state index is 0.121. The molecule has 3 heteroatoms. The smallest absolute Gasteiger partial charge is 0.254 e. The van der Waals surface area contributed by atoms with Crippen molar-refractivity contribution in [2.24, 2.45) is 5.73 Å². The highest BCUT2D eigenvalue weighted by Crippen LogP contribution is 2.25. The summed E-state index contributed by atoms with van der Waals surface area (Å²) >= 11 is 0. The van der Waals surface area contributed by atoms with Gasteiger partial charge in [0.2, 0.25) is 0 Å². The van der Waals surface area contributed by atoms with Crippen molar-refractivity contribution >= 4 is 5.91 Å². The molecule has 0 saturated heterocycles. The minimum Gasteiger partial charge on any atom is -0.332 e. The lowest BCUT2D eigenvalue weighted by Crippen LogP contribution is -2.38. The highest BCUT2D eigenvalue weighted by molar-refractivity contribution is 5.94. The molecular weight excluding hydrogens is 248 g/mol. The first-order valence-corrected chi connectivity index (χ1v) is 7.47. The summed E-state index contributed by atoms with van der Waals surface area (Å²) in [5.74, 6) is 0.121. The first kappa shape index (κ1) is 14.8. The van der Waals surface area contributed by atoms with Crippen molar-refractivity contribution in [1.29, 1.82) is 0 Å². The Balaban J connectivity index is 2.11. The molecule has 108 valence electrons. The van der Waals surface area contributed by atoms with Crippen molar-refractivity contribution in [1.82, 2.24) is 4.90 Å². The molecule has 1 saturated carbocycles. The monoisotopic (exact) mass is 272 g/mol. The van der Waals surface area contributed by atoms with Crippen LogP contribution in [0.3, 0.4) is 0 Å². The highest BCUT2D eigenvalue weighted by atomic mass is 16.2. The van der Waals surface area contributed by atoms with Crippen molar-refractivity contribution < 1.29 is 4.79 Å². The molecule has 2 N–H and O–H groups in total. The third kappa shape index (κ3) is 3.48. The molecule has 0 spiro atoms. The Kier molecular flexibility index (Phi) is 5.36. The fraction of sp³-hybridized carbons (Fsp3) is 0.471. The fourth-order valence-electron chi connectivity index (χ4n) is 2.90. The Morgan fingerprint density at radius 2 is 1.95 bits per heavy atom. The Bertz CT molecular complexity index is 447. The van der Waals surface area contributed by atoms with Gasteiger partial charge in [0.15, 0.2) is 0 Å². The molecule has 20 heavy (non-hydrogen) atoms. The summed E-state index contributed by atoms with van der Waals surface area (Å²) < 4.78 is 0. The molecule has 0 atom stereocenters. The van der Waals surface area contributed by atoms with Gasteiger partial charge >= 0.3 is 0 Å². The molecular formula is C17H24N2O. The van der Waals surface area contributed by atoms with Crippen LogP contribution >= 0.6 is 0 Å². The van der Waals surface area contributed by atoms with Crippen LogP contribution in [-0.2, 0) is 6.42 Å². The van der Waals surface area contributed by atoms with E-state index < -0.39 is 0 Å². The van der Waals surface area contributed by atoms with Crippen LogP contribution in [0.1, 0.15) is 41.6 Å². The van der Waals surface area contributed by atoms with E-state index in [0.717, 1.165) is 24.8 Å². The van der Waals surface area contributed by atoms with E-state index in [0.29, 0.717) is 19.1 Å². The van der Waals surface area contributed by atoms with Crippen LogP contribution in [0.25, 0.3) is 0 Å². The van der Waals surface area contributed by atoms with Crippen molar-refractivity contribution in [3.63, 3.8) is 0 Å². The normalized spacial score (nSPS) is 15.2. The quantitative estimate of drug-likeness (QED) is 0.809. The maximum absolute atomic E-state index is 12.6. The molecule has 1 aliphatic carbocycles. The van der Waals surface area contributed by atoms with Gasteiger partial charge in [-0.1, -0.05) is 31.1 Å². The Labute approximate surface area is 121 Å². The molecule has 0 aliphatic heterocycles. The largest absolute Gasteiger partial charge is 0.332 e. The van der Waals surface area contributed by atoms with E-state index in [2.05, 4.69) is 6.58 Å². The SMILES string of the molecule is C=CCN(C(=O)c1ccc(CCN)cc1)C1CCCC1. The van der Waals surface area contributed by atoms with Gasteiger partial charge in [0, 0.05) is 18.2 Å². The van der Waals surface area contributed by atoms with Gasteiger partial charge in [0.1, 0.15) is 0 Å². The molecule has 0 heterocycles. The van der Waals surface area contributed by atoms with E-state index in [9.17, 15) is 4.79 Å². The summed E-state index contributed by atoms with van der Waals surface area (Å²) in [5, 5.41) is 0. The van der Waals surface area contributed by atoms with Crippen LogP contribution in [0.2, 0.25) is 0 Å². The van der Waals surface area contributed by atoms with Gasteiger partial charge in [0.05, 0.1) is 0 Å². The van der Waals surface area contributed by atoms with Crippen molar-refractivity contribution in [2.45, 2.75) is 38.1 Å². The molecule has 0 bridgehead atoms. The van der Waals surface area contributed by atoms with Gasteiger partial charge < -0.3 is 10.6 Å². The third-order valence-corrected chi connectivity index (χ3v) is 3.99. The van der Waals surface area contributed by atoms with Gasteiger partial charge in [-0.05, 0) is 43.5 Å². The summed E-state index contributed by atoms with van der Waals surface area (Å²) in [6.45, 7) is 5.05. The molecule has 0 aromatic heterocycles. The minimum absolute atomic E-state index is 0.121. The molecule has 1 aromatic rings. The summed E-state index contributed by atoms with van der Waals surface area (Å²) in [4.78, 5) is 14.6. The van der Waals surface area contributed by atoms with Gasteiger partial charge in [-0.2, -0.15) is 0 Å². The number of hydrogen-bond donors (Lipinski definition) is 1. The number of carbonyl (C=O) groups is 1. The lowest BCUT2D eigenvalue weighted by molar-refractivity contribution is 0.0706. The van der Waals surface area contributed by atoms with Gasteiger partial charge in [-0.15, -0.1) is 6.58 Å². The number of carbonyl (C=O) groups excluding carboxylic acids is 1. The lowest BCUT2D eigenvalue weighted by Gasteiger charge is -2.28. The maximum Gasteiger partial charge on any atom is 0.254 e. The summed E-state index contributed by atoms with van der Waals surface area (Å²) in [6, 6.07) is 8.21. The molecule has 1 fully saturated rings. The zero-order valence-corrected chi connectivity index (χ0v) is 12.1. The molecule has 0 radical (unpaired) electrons. The second-order valence-electron chi connectivity index (χ2n) is 5.42. The molecule has 3 nitrogen and oxygen atoms in total. The third-order valence-electron chi connectivity index (χ3n) is 3.99. The fourth-order valence-corrected chi connectivity index (χ4v) is 2.90. The van der Waals surface area contributed by atoms with E-state index >= 15 is 0 Å². The predicted molar refractivity (Wildman–Crippen MR) is 82.7 cm³/mol. The molecule has 1 aliphatic rings. The van der Waals surface area contributed by atoms with E-state index in [1.165, 1.54) is 18.4 Å². The second-order valence-corrected chi connectivity index (χ2v) is 5.42. The van der Waals surface area contributed by atoms with E-state index in [1.807, 2.05) is 35.2 Å². The van der Waals surface area contributed by atoms with Crippen molar-refractivity contribution in [3.8, 4) is 0 Å². The lowest BCUT2D eigenvalue weighted by atomic mass is 10.1. The molecule has 1 amide bonds. The number of benzene rings is 1. The van der Waals surface area contributed by atoms with Gasteiger partial charge in [0.25, 0.3) is 5.91 Å². The number of hydrogen-bond acceptors (Lipinski definition) is 2. The number of nitrogens with zero attached hydrogens (tertiary/aromatic N) is 1. The summed E-state index contributed by atoms with van der Waals surface area (Å²) in [7, 11) is 0. The van der Waals surface area contributed by atoms with Crippen LogP contribution in [0.4, 0.5) is 0 Å². The average molecular weight is 272 g/mol. The second kappa shape index (κ2) is 7.25. The van der Waals surface area contributed by atoms with Gasteiger partial charge in [-0.3, -0.25) is 4.79 Å². The maximum atomic E-state index is 12.6. The van der Waals surface area contributed by atoms with Crippen LogP contribution < -0.4 is 5.73 Å². The zero-order valence-electron chi connectivity index (χ0n) is 12.1. The summed E-state index contributed by atoms with van der Waals surface area (Å²) in [5.41, 5.74) is 7.49. The molecule has 0 unspecified atom stereocenters. The van der Waals surface area contributed by atoms with E-state index in [-0.39, 0.29) is 5.91 Å². The standard InChI is InChI=1S/C17H24N2O/c1-2-13-19(16-5-3-4-6-16)17(20)15-9-7-14(8-10-15)11-12-18/h2,7-10,16H,1,3-6,11-13,18H2. The highest BCUT2D eigenvalue weighted by Gasteiger charge is 2.26. The van der Waals surface area contributed by atoms with Crippen molar-refractivity contribution in [3.05, 3.63) is 48.0 Å². The van der Waals surface area contributed by atoms with E-state index in [4.69, 9.17) is 5.73 Å². The summed E-state index contributed by atoms with van der Waals surface area (Å²) in [6.07, 6.45) is 7.35. The first-order chi connectivity index (χ1) is 9.76.